The van der Waals surface area contributed by atoms with E-state index in [2.05, 4.69) is 30.2 Å². The normalized spacial score (nSPS) is 17.8. The van der Waals surface area contributed by atoms with E-state index < -0.39 is 26.9 Å². The lowest BCUT2D eigenvalue weighted by molar-refractivity contribution is 0.113. The van der Waals surface area contributed by atoms with Gasteiger partial charge in [0.05, 0.1) is 28.4 Å². The van der Waals surface area contributed by atoms with Gasteiger partial charge < -0.3 is 14.9 Å². The van der Waals surface area contributed by atoms with E-state index in [9.17, 15) is 13.5 Å². The number of aromatic nitrogens is 3. The Labute approximate surface area is 215 Å². The van der Waals surface area contributed by atoms with Crippen LogP contribution in [0.15, 0.2) is 75.7 Å². The Hall–Kier alpha value is -3.83. The molecule has 11 heteroatoms. The number of pyridine rings is 2. The summed E-state index contributed by atoms with van der Waals surface area (Å²) in [6, 6.07) is 10.1. The minimum atomic E-state index is -3.65. The number of aliphatic hydroxyl groups is 1. The molecule has 3 N–H and O–H groups in total. The van der Waals surface area contributed by atoms with E-state index in [0.717, 1.165) is 11.1 Å². The molecule has 192 valence electrons. The third-order valence-corrected chi connectivity index (χ3v) is 8.29. The van der Waals surface area contributed by atoms with E-state index in [4.69, 9.17) is 4.52 Å². The van der Waals surface area contributed by atoms with Gasteiger partial charge in [-0.05, 0) is 63.6 Å². The summed E-state index contributed by atoms with van der Waals surface area (Å²) in [5.41, 5.74) is 2.37. The fourth-order valence-electron chi connectivity index (χ4n) is 4.66. The molecule has 3 aromatic heterocycles. The van der Waals surface area contributed by atoms with Crippen LogP contribution in [0.1, 0.15) is 48.7 Å². The van der Waals surface area contributed by atoms with Crippen molar-refractivity contribution in [1.29, 1.82) is 0 Å². The van der Waals surface area contributed by atoms with E-state index in [1.54, 1.807) is 62.6 Å². The Morgan fingerprint density at radius 3 is 2.27 bits per heavy atom. The van der Waals surface area contributed by atoms with Crippen LogP contribution in [0.2, 0.25) is 0 Å². The van der Waals surface area contributed by atoms with E-state index in [0.29, 0.717) is 40.5 Å². The van der Waals surface area contributed by atoms with E-state index >= 15 is 0 Å². The number of sulfonamides is 1. The van der Waals surface area contributed by atoms with E-state index in [1.807, 2.05) is 19.9 Å². The predicted molar refractivity (Wildman–Crippen MR) is 139 cm³/mol. The molecule has 1 unspecified atom stereocenters. The van der Waals surface area contributed by atoms with Crippen LogP contribution in [-0.4, -0.2) is 45.9 Å². The van der Waals surface area contributed by atoms with Gasteiger partial charge in [0.1, 0.15) is 5.76 Å². The maximum absolute atomic E-state index is 12.6. The molecule has 0 saturated heterocycles. The molecular weight excluding hydrogens is 492 g/mol. The zero-order valence-electron chi connectivity index (χ0n) is 20.9. The van der Waals surface area contributed by atoms with Gasteiger partial charge in [0, 0.05) is 35.6 Å². The highest BCUT2D eigenvalue weighted by molar-refractivity contribution is 7.90. The minimum Gasteiger partial charge on any atom is -0.373 e. The van der Waals surface area contributed by atoms with Gasteiger partial charge in [-0.15, -0.1) is 0 Å². The minimum absolute atomic E-state index is 0.101. The molecule has 0 saturated carbocycles. The molecule has 3 aromatic rings. The average Bonchev–Trinajstić information content (AvgIpc) is 3.44. The van der Waals surface area contributed by atoms with Gasteiger partial charge >= 0.3 is 0 Å². The average molecular weight is 521 g/mol. The lowest BCUT2D eigenvalue weighted by atomic mass is 9.77. The fraction of sp³-hybridized carbons (Fsp3) is 0.308. The first kappa shape index (κ1) is 24.8. The summed E-state index contributed by atoms with van der Waals surface area (Å²) in [4.78, 5) is 13.6. The highest BCUT2D eigenvalue weighted by atomic mass is 32.2. The van der Waals surface area contributed by atoms with Crippen LogP contribution in [0, 0.1) is 13.8 Å². The first-order chi connectivity index (χ1) is 17.6. The van der Waals surface area contributed by atoms with E-state index in [1.165, 1.54) is 0 Å². The van der Waals surface area contributed by atoms with Crippen molar-refractivity contribution in [3.63, 3.8) is 0 Å². The van der Waals surface area contributed by atoms with Crippen LogP contribution in [0.5, 0.6) is 0 Å². The van der Waals surface area contributed by atoms with Crippen molar-refractivity contribution in [2.24, 2.45) is 4.99 Å². The molecule has 37 heavy (non-hydrogen) atoms. The smallest absolute Gasteiger partial charge is 0.237 e. The maximum Gasteiger partial charge on any atom is 0.237 e. The molecule has 1 aliphatic carbocycles. The molecule has 4 heterocycles. The van der Waals surface area contributed by atoms with Crippen molar-refractivity contribution >= 4 is 21.6 Å². The van der Waals surface area contributed by atoms with Gasteiger partial charge in [-0.2, -0.15) is 0 Å². The zero-order valence-corrected chi connectivity index (χ0v) is 21.7. The van der Waals surface area contributed by atoms with Crippen LogP contribution in [0.25, 0.3) is 5.57 Å². The second-order valence-corrected chi connectivity index (χ2v) is 11.6. The Morgan fingerprint density at radius 2 is 1.76 bits per heavy atom. The Balaban J connectivity index is 1.73. The second-order valence-electron chi connectivity index (χ2n) is 9.35. The van der Waals surface area contributed by atoms with Crippen molar-refractivity contribution in [3.8, 4) is 0 Å². The van der Waals surface area contributed by atoms with Crippen LogP contribution < -0.4 is 10.0 Å². The van der Waals surface area contributed by atoms with Gasteiger partial charge in [-0.3, -0.25) is 14.7 Å². The number of aryl methyl sites for hydroxylation is 2. The molecule has 0 aromatic carbocycles. The number of hydrogen-bond acceptors (Lipinski definition) is 9. The highest BCUT2D eigenvalue weighted by Crippen LogP contribution is 2.44. The van der Waals surface area contributed by atoms with Crippen molar-refractivity contribution in [3.05, 3.63) is 94.5 Å². The second kappa shape index (κ2) is 9.24. The summed E-state index contributed by atoms with van der Waals surface area (Å²) in [6.07, 6.45) is 5.54. The molecule has 0 amide bonds. The molecule has 1 aliphatic heterocycles. The summed E-state index contributed by atoms with van der Waals surface area (Å²) < 4.78 is 33.2. The van der Waals surface area contributed by atoms with E-state index in [-0.39, 0.29) is 5.96 Å². The standard InChI is InChI=1S/C26H28N6O4S/c1-15(2)37(34,35)32-25-29-20-14-18(23-16(3)31-36-17(23)4)13-19(24(20)30-25)26(33,21-9-5-7-11-27-21)22-10-6-8-12-28-22/h5-13,15,20,33H,14H2,1-4H3,(H2,29,30,32). The first-order valence-corrected chi connectivity index (χ1v) is 13.5. The zero-order chi connectivity index (χ0) is 26.4. The number of nitrogens with one attached hydrogen (secondary N) is 2. The lowest BCUT2D eigenvalue weighted by Gasteiger charge is -2.33. The van der Waals surface area contributed by atoms with Gasteiger partial charge in [0.25, 0.3) is 0 Å². The largest absolute Gasteiger partial charge is 0.373 e. The van der Waals surface area contributed by atoms with Crippen LogP contribution >= 0.6 is 0 Å². The Kier molecular flexibility index (Phi) is 6.20. The molecule has 0 fully saturated rings. The topological polar surface area (TPSA) is 143 Å². The molecule has 0 radical (unpaired) electrons. The van der Waals surface area contributed by atoms with Gasteiger partial charge in [-0.25, -0.2) is 13.4 Å². The molecule has 0 spiro atoms. The number of aliphatic imine (C=N–C) groups is 1. The highest BCUT2D eigenvalue weighted by Gasteiger charge is 2.45. The van der Waals surface area contributed by atoms with Gasteiger partial charge in [0.15, 0.2) is 5.60 Å². The van der Waals surface area contributed by atoms with Crippen molar-refractivity contribution in [2.75, 3.05) is 0 Å². The number of nitrogens with zero attached hydrogens (tertiary/aromatic N) is 4. The van der Waals surface area contributed by atoms with Crippen molar-refractivity contribution in [1.82, 2.24) is 25.2 Å². The maximum atomic E-state index is 12.6. The summed E-state index contributed by atoms with van der Waals surface area (Å²) >= 11 is 0. The van der Waals surface area contributed by atoms with Gasteiger partial charge in [0.2, 0.25) is 16.0 Å². The summed E-state index contributed by atoms with van der Waals surface area (Å²) in [6.45, 7) is 6.87. The quantitative estimate of drug-likeness (QED) is 0.450. The van der Waals surface area contributed by atoms with Crippen LogP contribution in [-0.2, 0) is 15.6 Å². The fourth-order valence-corrected chi connectivity index (χ4v) is 5.27. The molecule has 2 aliphatic rings. The Bertz CT molecular complexity index is 1470. The molecule has 5 rings (SSSR count). The molecule has 1 atom stereocenters. The van der Waals surface area contributed by atoms with Crippen molar-refractivity contribution in [2.45, 2.75) is 51.0 Å². The number of fused-ring (bicyclic) bond motifs is 1. The lowest BCUT2D eigenvalue weighted by Crippen LogP contribution is -2.42. The third-order valence-electron chi connectivity index (χ3n) is 6.57. The van der Waals surface area contributed by atoms with Crippen LogP contribution in [0.3, 0.4) is 0 Å². The number of hydrogen-bond donors (Lipinski definition) is 3. The van der Waals surface area contributed by atoms with Gasteiger partial charge in [-0.1, -0.05) is 17.3 Å². The summed E-state index contributed by atoms with van der Waals surface area (Å²) in [7, 11) is -3.65. The molecule has 0 bridgehead atoms. The molecule has 10 nitrogen and oxygen atoms in total. The third kappa shape index (κ3) is 4.34. The number of guanidine groups is 1. The number of rotatable bonds is 6. The summed E-state index contributed by atoms with van der Waals surface area (Å²) in [5, 5.41) is 19.1. The Morgan fingerprint density at radius 1 is 1.11 bits per heavy atom. The predicted octanol–water partition coefficient (Wildman–Crippen LogP) is 2.71. The monoisotopic (exact) mass is 520 g/mol. The SMILES string of the molecule is Cc1noc(C)c1C1=CC(C(O)(c2ccccn2)c2ccccn2)=C2NC(NS(=O)(=O)C(C)C)=NC2C1. The van der Waals surface area contributed by atoms with Crippen molar-refractivity contribution < 1.29 is 18.0 Å². The molecular formula is C26H28N6O4S. The summed E-state index contributed by atoms with van der Waals surface area (Å²) in [5.74, 6) is 0.741. The first-order valence-electron chi connectivity index (χ1n) is 11.9. The van der Waals surface area contributed by atoms with Crippen LogP contribution in [0.4, 0.5) is 0 Å².